The lowest BCUT2D eigenvalue weighted by Gasteiger charge is -2.09. The van der Waals surface area contributed by atoms with E-state index in [1.165, 1.54) is 3.57 Å². The Labute approximate surface area is 91.6 Å². The minimum atomic E-state index is -0.0447. The molecule has 3 nitrogen and oxygen atoms in total. The zero-order valence-electron chi connectivity index (χ0n) is 7.88. The standard InChI is InChI=1S/C9H13IN2O/c1-3-12-6-7(10)8(11-12)9(13-2)4-5-9/h6H,3-5H2,1-2H3. The Morgan fingerprint density at radius 3 is 2.77 bits per heavy atom. The van der Waals surface area contributed by atoms with E-state index in [0.29, 0.717) is 0 Å². The Morgan fingerprint density at radius 2 is 2.38 bits per heavy atom. The van der Waals surface area contributed by atoms with Gasteiger partial charge < -0.3 is 4.74 Å². The van der Waals surface area contributed by atoms with Crippen LogP contribution >= 0.6 is 22.6 Å². The van der Waals surface area contributed by atoms with Crippen molar-refractivity contribution < 1.29 is 4.74 Å². The van der Waals surface area contributed by atoms with Crippen molar-refractivity contribution in [1.82, 2.24) is 9.78 Å². The van der Waals surface area contributed by atoms with Crippen molar-refractivity contribution in [2.75, 3.05) is 7.11 Å². The minimum Gasteiger partial charge on any atom is -0.372 e. The van der Waals surface area contributed by atoms with Gasteiger partial charge in [0, 0.05) is 19.9 Å². The molecule has 13 heavy (non-hydrogen) atoms. The molecule has 0 unspecified atom stereocenters. The van der Waals surface area contributed by atoms with Crippen LogP contribution in [0.5, 0.6) is 0 Å². The molecule has 1 aromatic rings. The number of nitrogens with zero attached hydrogens (tertiary/aromatic N) is 2. The van der Waals surface area contributed by atoms with Crippen molar-refractivity contribution in [1.29, 1.82) is 0 Å². The highest BCUT2D eigenvalue weighted by atomic mass is 127. The second kappa shape index (κ2) is 3.24. The first-order chi connectivity index (χ1) is 6.22. The summed E-state index contributed by atoms with van der Waals surface area (Å²) in [5.74, 6) is 0. The van der Waals surface area contributed by atoms with E-state index in [1.807, 2.05) is 4.68 Å². The fraction of sp³-hybridized carbons (Fsp3) is 0.667. The predicted octanol–water partition coefficient (Wildman–Crippen LogP) is 2.14. The van der Waals surface area contributed by atoms with E-state index in [1.54, 1.807) is 7.11 Å². The molecule has 0 aromatic carbocycles. The number of halogens is 1. The zero-order chi connectivity index (χ0) is 9.47. The van der Waals surface area contributed by atoms with Gasteiger partial charge >= 0.3 is 0 Å². The fourth-order valence-electron chi connectivity index (χ4n) is 1.52. The molecule has 1 aliphatic carbocycles. The number of rotatable bonds is 3. The summed E-state index contributed by atoms with van der Waals surface area (Å²) >= 11 is 2.33. The van der Waals surface area contributed by atoms with Crippen LogP contribution in [0.3, 0.4) is 0 Å². The van der Waals surface area contributed by atoms with Crippen LogP contribution in [0.4, 0.5) is 0 Å². The topological polar surface area (TPSA) is 27.1 Å². The average Bonchev–Trinajstić information content (AvgIpc) is 2.85. The number of aryl methyl sites for hydroxylation is 1. The predicted molar refractivity (Wildman–Crippen MR) is 58.5 cm³/mol. The Kier molecular flexibility index (Phi) is 2.35. The normalized spacial score (nSPS) is 19.0. The quantitative estimate of drug-likeness (QED) is 0.798. The average molecular weight is 292 g/mol. The summed E-state index contributed by atoms with van der Waals surface area (Å²) < 4.78 is 8.68. The molecule has 0 bridgehead atoms. The molecule has 0 saturated heterocycles. The van der Waals surface area contributed by atoms with Crippen LogP contribution in [0.2, 0.25) is 0 Å². The minimum absolute atomic E-state index is 0.0447. The van der Waals surface area contributed by atoms with Gasteiger partial charge in [-0.25, -0.2) is 0 Å². The lowest BCUT2D eigenvalue weighted by Crippen LogP contribution is -2.11. The van der Waals surface area contributed by atoms with E-state index < -0.39 is 0 Å². The Hall–Kier alpha value is -0.100. The largest absolute Gasteiger partial charge is 0.372 e. The highest BCUT2D eigenvalue weighted by Gasteiger charge is 2.48. The van der Waals surface area contributed by atoms with E-state index in [0.717, 1.165) is 25.1 Å². The first-order valence-electron chi connectivity index (χ1n) is 4.50. The summed E-state index contributed by atoms with van der Waals surface area (Å²) in [5.41, 5.74) is 1.08. The van der Waals surface area contributed by atoms with Crippen molar-refractivity contribution in [2.24, 2.45) is 0 Å². The molecule has 1 heterocycles. The van der Waals surface area contributed by atoms with Gasteiger partial charge in [0.1, 0.15) is 11.3 Å². The molecule has 0 radical (unpaired) electrons. The van der Waals surface area contributed by atoms with Crippen LogP contribution in [0.15, 0.2) is 6.20 Å². The number of aromatic nitrogens is 2. The molecule has 1 fully saturated rings. The van der Waals surface area contributed by atoms with Crippen molar-refractivity contribution in [3.05, 3.63) is 15.5 Å². The molecule has 2 rings (SSSR count). The monoisotopic (exact) mass is 292 g/mol. The summed E-state index contributed by atoms with van der Waals surface area (Å²) in [6.45, 7) is 3.02. The molecule has 0 N–H and O–H groups in total. The fourth-order valence-corrected chi connectivity index (χ4v) is 2.44. The van der Waals surface area contributed by atoms with Crippen LogP contribution in [0.25, 0.3) is 0 Å². The smallest absolute Gasteiger partial charge is 0.113 e. The maximum Gasteiger partial charge on any atom is 0.113 e. The lowest BCUT2D eigenvalue weighted by molar-refractivity contribution is 0.0739. The Morgan fingerprint density at radius 1 is 1.69 bits per heavy atom. The van der Waals surface area contributed by atoms with Crippen LogP contribution in [-0.2, 0) is 16.9 Å². The molecular formula is C9H13IN2O. The molecule has 0 aliphatic heterocycles. The van der Waals surface area contributed by atoms with Gasteiger partial charge in [-0.1, -0.05) is 0 Å². The molecule has 1 aromatic heterocycles. The number of methoxy groups -OCH3 is 1. The molecule has 0 amide bonds. The Bertz CT molecular complexity index is 317. The van der Waals surface area contributed by atoms with Crippen LogP contribution in [0, 0.1) is 3.57 Å². The lowest BCUT2D eigenvalue weighted by atomic mass is 10.2. The molecule has 4 heteroatoms. The number of hydrogen-bond acceptors (Lipinski definition) is 2. The second-order valence-electron chi connectivity index (χ2n) is 3.38. The van der Waals surface area contributed by atoms with E-state index in [2.05, 4.69) is 40.8 Å². The SMILES string of the molecule is CCn1cc(I)c(C2(OC)CC2)n1. The van der Waals surface area contributed by atoms with Gasteiger partial charge in [-0.15, -0.1) is 0 Å². The highest BCUT2D eigenvalue weighted by molar-refractivity contribution is 14.1. The first kappa shape index (κ1) is 9.45. The molecule has 1 saturated carbocycles. The summed E-state index contributed by atoms with van der Waals surface area (Å²) in [6, 6.07) is 0. The van der Waals surface area contributed by atoms with Crippen molar-refractivity contribution >= 4 is 22.6 Å². The third-order valence-corrected chi connectivity index (χ3v) is 3.36. The second-order valence-corrected chi connectivity index (χ2v) is 4.54. The van der Waals surface area contributed by atoms with Gasteiger partial charge in [-0.05, 0) is 42.4 Å². The number of hydrogen-bond donors (Lipinski definition) is 0. The molecular weight excluding hydrogens is 279 g/mol. The van der Waals surface area contributed by atoms with Gasteiger partial charge in [-0.2, -0.15) is 5.10 Å². The summed E-state index contributed by atoms with van der Waals surface area (Å²) in [5, 5.41) is 4.52. The maximum absolute atomic E-state index is 5.49. The van der Waals surface area contributed by atoms with Gasteiger partial charge in [0.2, 0.25) is 0 Å². The van der Waals surface area contributed by atoms with E-state index in [4.69, 9.17) is 4.74 Å². The Balaban J connectivity index is 2.34. The molecule has 0 spiro atoms. The van der Waals surface area contributed by atoms with Crippen LogP contribution in [-0.4, -0.2) is 16.9 Å². The summed E-state index contributed by atoms with van der Waals surface area (Å²) in [4.78, 5) is 0. The van der Waals surface area contributed by atoms with Crippen molar-refractivity contribution in [3.8, 4) is 0 Å². The van der Waals surface area contributed by atoms with E-state index in [9.17, 15) is 0 Å². The third kappa shape index (κ3) is 1.50. The van der Waals surface area contributed by atoms with E-state index in [-0.39, 0.29) is 5.60 Å². The van der Waals surface area contributed by atoms with Crippen molar-refractivity contribution in [2.45, 2.75) is 31.9 Å². The van der Waals surface area contributed by atoms with Gasteiger partial charge in [0.25, 0.3) is 0 Å². The molecule has 0 atom stereocenters. The van der Waals surface area contributed by atoms with Crippen LogP contribution in [0.1, 0.15) is 25.5 Å². The highest BCUT2D eigenvalue weighted by Crippen LogP contribution is 2.49. The van der Waals surface area contributed by atoms with Gasteiger partial charge in [0.05, 0.1) is 3.57 Å². The molecule has 72 valence electrons. The van der Waals surface area contributed by atoms with Crippen molar-refractivity contribution in [3.63, 3.8) is 0 Å². The third-order valence-electron chi connectivity index (χ3n) is 2.57. The van der Waals surface area contributed by atoms with Gasteiger partial charge in [0.15, 0.2) is 0 Å². The number of ether oxygens (including phenoxy) is 1. The molecule has 1 aliphatic rings. The maximum atomic E-state index is 5.49. The van der Waals surface area contributed by atoms with Gasteiger partial charge in [-0.3, -0.25) is 4.68 Å². The van der Waals surface area contributed by atoms with E-state index >= 15 is 0 Å². The zero-order valence-corrected chi connectivity index (χ0v) is 10.0. The summed E-state index contributed by atoms with van der Waals surface area (Å²) in [6.07, 6.45) is 4.30. The summed E-state index contributed by atoms with van der Waals surface area (Å²) in [7, 11) is 1.77. The van der Waals surface area contributed by atoms with Crippen LogP contribution < -0.4 is 0 Å². The first-order valence-corrected chi connectivity index (χ1v) is 5.58.